The van der Waals surface area contributed by atoms with Gasteiger partial charge in [0.2, 0.25) is 6.79 Å². The Morgan fingerprint density at radius 2 is 1.86 bits per heavy atom. The summed E-state index contributed by atoms with van der Waals surface area (Å²) in [7, 11) is 3.19. The lowest BCUT2D eigenvalue weighted by atomic mass is 9.72. The largest absolute Gasteiger partial charge is 0.504 e. The number of aliphatic hydroxyl groups is 1. The van der Waals surface area contributed by atoms with Gasteiger partial charge in [-0.3, -0.25) is 15.0 Å². The first-order valence-corrected chi connectivity index (χ1v) is 20.5. The van der Waals surface area contributed by atoms with E-state index in [1.807, 2.05) is 32.0 Å². The summed E-state index contributed by atoms with van der Waals surface area (Å²) in [4.78, 5) is 34.0. The first-order valence-electron chi connectivity index (χ1n) is 19.4. The van der Waals surface area contributed by atoms with E-state index in [2.05, 4.69) is 33.5 Å². The maximum atomic E-state index is 15.0. The van der Waals surface area contributed by atoms with E-state index in [1.54, 1.807) is 26.0 Å². The van der Waals surface area contributed by atoms with Crippen LogP contribution in [0.25, 0.3) is 10.9 Å². The predicted molar refractivity (Wildman–Crippen MR) is 210 cm³/mol. The third kappa shape index (κ3) is 5.11. The Morgan fingerprint density at radius 1 is 1.05 bits per heavy atom. The van der Waals surface area contributed by atoms with Crippen molar-refractivity contribution in [1.82, 2.24) is 20.5 Å². The van der Waals surface area contributed by atoms with Gasteiger partial charge in [-0.2, -0.15) is 0 Å². The van der Waals surface area contributed by atoms with Crippen LogP contribution in [0.1, 0.15) is 75.8 Å². The van der Waals surface area contributed by atoms with E-state index in [9.17, 15) is 15.0 Å². The fourth-order valence-electron chi connectivity index (χ4n) is 10.8. The predicted octanol–water partition coefficient (Wildman–Crippen LogP) is 4.28. The van der Waals surface area contributed by atoms with Crippen molar-refractivity contribution in [3.05, 3.63) is 68.9 Å². The normalized spacial score (nSPS) is 29.6. The van der Waals surface area contributed by atoms with Gasteiger partial charge in [0.05, 0.1) is 43.9 Å². The van der Waals surface area contributed by atoms with Crippen LogP contribution in [0.3, 0.4) is 0 Å². The van der Waals surface area contributed by atoms with Crippen molar-refractivity contribution in [2.45, 2.75) is 87.6 Å². The summed E-state index contributed by atoms with van der Waals surface area (Å²) in [6.07, 6.45) is 1.14. The minimum absolute atomic E-state index is 0.00778. The van der Waals surface area contributed by atoms with Crippen molar-refractivity contribution < 1.29 is 48.2 Å². The summed E-state index contributed by atoms with van der Waals surface area (Å²) in [5.41, 5.74) is 5.86. The molecule has 2 saturated heterocycles. The molecule has 14 nitrogen and oxygen atoms in total. The first kappa shape index (κ1) is 36.7. The van der Waals surface area contributed by atoms with Gasteiger partial charge < -0.3 is 48.9 Å². The van der Waals surface area contributed by atoms with Crippen LogP contribution in [-0.2, 0) is 32.7 Å². The van der Waals surface area contributed by atoms with Crippen LogP contribution in [0.4, 0.5) is 0 Å². The van der Waals surface area contributed by atoms with Crippen molar-refractivity contribution in [3.8, 4) is 34.5 Å². The zero-order valence-corrected chi connectivity index (χ0v) is 33.4. The van der Waals surface area contributed by atoms with Gasteiger partial charge in [0.1, 0.15) is 18.1 Å². The minimum atomic E-state index is -1.41. The number of aromatic amines is 1. The van der Waals surface area contributed by atoms with Crippen LogP contribution >= 0.6 is 11.8 Å². The molecule has 0 saturated carbocycles. The molecule has 11 rings (SSSR count). The molecule has 8 heterocycles. The van der Waals surface area contributed by atoms with Crippen LogP contribution in [0.5, 0.6) is 34.5 Å². The fourth-order valence-corrected chi connectivity index (χ4v) is 12.4. The zero-order chi connectivity index (χ0) is 39.7. The molecule has 7 aliphatic rings. The number of carbonyl (C=O) groups is 2. The molecule has 4 aromatic rings. The third-order valence-electron chi connectivity index (χ3n) is 13.1. The van der Waals surface area contributed by atoms with E-state index in [0.717, 1.165) is 44.3 Å². The third-order valence-corrected chi connectivity index (χ3v) is 14.6. The molecule has 3 aromatic carbocycles. The number of ether oxygens (including phenoxy) is 6. The number of aliphatic hydroxyl groups excluding tert-OH is 1. The van der Waals surface area contributed by atoms with E-state index >= 15 is 4.79 Å². The van der Waals surface area contributed by atoms with Crippen LogP contribution in [0.15, 0.2) is 24.3 Å². The molecule has 1 aromatic heterocycles. The van der Waals surface area contributed by atoms with Gasteiger partial charge in [-0.15, -0.1) is 11.8 Å². The van der Waals surface area contributed by atoms with E-state index in [0.29, 0.717) is 52.8 Å². The standard InChI is InChI=1S/C42H46N4O10S/c1-17-9-21-10-27-19(3)46-28-14-53-41(50)42(40-25(11-22(13-47)45-42)24-12-23(51-5)7-8-26(24)44-40)15-57-39(33(46)32(43-27)29(21)34(49)35(17)52-6)31-30(28)38-37(54-16-55-38)18(2)36(31)56-20(4)48/h7-9,12,19,22,27-28,32-33,39,43-45,47,49H,10-11,13-16H2,1-6H3/t19-,22-,27-,28?,32+,33+,39+,42+/m0/s1. The Kier molecular flexibility index (Phi) is 8.47. The summed E-state index contributed by atoms with van der Waals surface area (Å²) in [6, 6.07) is 6.03. The fraction of sp³-hybridized carbons (Fsp3) is 0.476. The van der Waals surface area contributed by atoms with Crippen molar-refractivity contribution in [1.29, 1.82) is 0 Å². The molecular formula is C42H46N4O10S. The van der Waals surface area contributed by atoms with Crippen molar-refractivity contribution in [2.24, 2.45) is 0 Å². The number of benzene rings is 3. The molecule has 15 heteroatoms. The van der Waals surface area contributed by atoms with E-state index in [-0.39, 0.29) is 49.6 Å². The highest BCUT2D eigenvalue weighted by Gasteiger charge is 2.60. The van der Waals surface area contributed by atoms with Crippen LogP contribution in [0, 0.1) is 13.8 Å². The smallest absolute Gasteiger partial charge is 0.333 e. The SMILES string of the molecule is COc1ccc2[nH]c3c(c2c1)C[C@@H](CO)N[C@]31CS[C@@H]2c3c(OC(C)=O)c(C)c4c(c3C(COC1=O)N1[C@@H]2[C@@H]2N[C@@H](Cc3cc(C)c(OC)c(O)c32)[C@@H]1C)OCO4. The minimum Gasteiger partial charge on any atom is -0.504 e. The second-order valence-electron chi connectivity index (χ2n) is 16.1. The van der Waals surface area contributed by atoms with Crippen LogP contribution in [-0.4, -0.2) is 96.2 Å². The Morgan fingerprint density at radius 3 is 2.61 bits per heavy atom. The summed E-state index contributed by atoms with van der Waals surface area (Å²) < 4.78 is 36.5. The monoisotopic (exact) mass is 798 g/mol. The maximum Gasteiger partial charge on any atom is 0.333 e. The Bertz CT molecular complexity index is 2380. The molecule has 1 unspecified atom stereocenters. The molecule has 4 bridgehead atoms. The number of rotatable bonds is 4. The number of aromatic nitrogens is 1. The zero-order valence-electron chi connectivity index (χ0n) is 32.6. The lowest BCUT2D eigenvalue weighted by molar-refractivity contribution is -0.156. The molecule has 0 radical (unpaired) electrons. The first-order chi connectivity index (χ1) is 27.5. The number of thioether (sulfide) groups is 1. The lowest BCUT2D eigenvalue weighted by Gasteiger charge is -2.60. The molecule has 5 N–H and O–H groups in total. The summed E-state index contributed by atoms with van der Waals surface area (Å²) in [5.74, 6) is 1.88. The number of nitrogens with zero attached hydrogens (tertiary/aromatic N) is 1. The number of carbonyl (C=O) groups excluding carboxylic acids is 2. The number of phenolic OH excluding ortho intramolecular Hbond substituents is 1. The second-order valence-corrected chi connectivity index (χ2v) is 17.2. The summed E-state index contributed by atoms with van der Waals surface area (Å²) in [5, 5.41) is 30.7. The van der Waals surface area contributed by atoms with Crippen molar-refractivity contribution >= 4 is 34.6 Å². The number of fused-ring (bicyclic) bond motifs is 11. The Labute approximate surface area is 333 Å². The summed E-state index contributed by atoms with van der Waals surface area (Å²) in [6.45, 7) is 7.12. The highest BCUT2D eigenvalue weighted by molar-refractivity contribution is 7.99. The van der Waals surface area contributed by atoms with Gasteiger partial charge in [-0.1, -0.05) is 6.07 Å². The van der Waals surface area contributed by atoms with Gasteiger partial charge in [-0.25, -0.2) is 4.79 Å². The van der Waals surface area contributed by atoms with E-state index in [4.69, 9.17) is 28.4 Å². The van der Waals surface area contributed by atoms with Gasteiger partial charge in [0.25, 0.3) is 0 Å². The topological polar surface area (TPSA) is 173 Å². The number of esters is 2. The molecule has 57 heavy (non-hydrogen) atoms. The number of hydrogen-bond donors (Lipinski definition) is 5. The summed E-state index contributed by atoms with van der Waals surface area (Å²) >= 11 is 1.55. The van der Waals surface area contributed by atoms with Crippen LogP contribution in [0.2, 0.25) is 0 Å². The van der Waals surface area contributed by atoms with Crippen molar-refractivity contribution in [3.63, 3.8) is 0 Å². The second kappa shape index (κ2) is 13.2. The number of piperazine rings is 1. The van der Waals surface area contributed by atoms with Gasteiger partial charge in [0.15, 0.2) is 28.5 Å². The average Bonchev–Trinajstić information content (AvgIpc) is 3.84. The number of H-pyrrole nitrogens is 1. The van der Waals surface area contributed by atoms with Crippen molar-refractivity contribution in [2.75, 3.05) is 40.0 Å². The molecule has 7 aliphatic heterocycles. The molecule has 1 spiro atoms. The van der Waals surface area contributed by atoms with Crippen LogP contribution < -0.4 is 34.3 Å². The highest BCUT2D eigenvalue weighted by atomic mass is 32.2. The highest BCUT2D eigenvalue weighted by Crippen LogP contribution is 2.63. The lowest BCUT2D eigenvalue weighted by Crippen LogP contribution is -2.69. The molecule has 300 valence electrons. The molecular weight excluding hydrogens is 753 g/mol. The van der Waals surface area contributed by atoms with E-state index < -0.39 is 40.9 Å². The van der Waals surface area contributed by atoms with Gasteiger partial charge in [-0.05, 0) is 68.5 Å². The number of aromatic hydroxyl groups is 1. The van der Waals surface area contributed by atoms with E-state index in [1.165, 1.54) is 6.92 Å². The maximum absolute atomic E-state index is 15.0. The van der Waals surface area contributed by atoms with Gasteiger partial charge >= 0.3 is 11.9 Å². The molecule has 8 atom stereocenters. The molecule has 0 aliphatic carbocycles. The number of methoxy groups -OCH3 is 2. The number of phenols is 1. The Hall–Kier alpha value is -4.67. The Balaban J connectivity index is 1.23. The molecule has 2 fully saturated rings. The number of nitrogens with one attached hydrogen (secondary N) is 3. The average molecular weight is 799 g/mol. The van der Waals surface area contributed by atoms with Gasteiger partial charge in [0, 0.05) is 70.0 Å². The number of hydrogen-bond acceptors (Lipinski definition) is 14. The molecule has 0 amide bonds. The number of aryl methyl sites for hydroxylation is 1. The quantitative estimate of drug-likeness (QED) is 0.146.